The van der Waals surface area contributed by atoms with Gasteiger partial charge >= 0.3 is 0 Å². The summed E-state index contributed by atoms with van der Waals surface area (Å²) in [6, 6.07) is 11.5. The maximum absolute atomic E-state index is 14.1. The molecule has 2 N–H and O–H groups in total. The van der Waals surface area contributed by atoms with Crippen LogP contribution in [0.3, 0.4) is 0 Å². The Labute approximate surface area is 169 Å². The largest absolute Gasteiger partial charge is 0.342 e. The molecule has 3 heteroatoms. The fourth-order valence-corrected chi connectivity index (χ4v) is 8.65. The van der Waals surface area contributed by atoms with E-state index in [4.69, 9.17) is 5.73 Å². The predicted octanol–water partition coefficient (Wildman–Crippen LogP) is 4.25. The Morgan fingerprint density at radius 3 is 2.57 bits per heavy atom. The zero-order valence-electron chi connectivity index (χ0n) is 17.3. The molecule has 1 aromatic rings. The van der Waals surface area contributed by atoms with Crippen molar-refractivity contribution in [3.63, 3.8) is 0 Å². The van der Waals surface area contributed by atoms with E-state index in [-0.39, 0.29) is 16.2 Å². The smallest absolute Gasteiger partial charge is 0.228 e. The molecule has 3 nitrogen and oxygen atoms in total. The van der Waals surface area contributed by atoms with Crippen LogP contribution >= 0.6 is 0 Å². The first kappa shape index (κ1) is 17.5. The van der Waals surface area contributed by atoms with Gasteiger partial charge < -0.3 is 10.6 Å². The summed E-state index contributed by atoms with van der Waals surface area (Å²) < 4.78 is 0. The first-order chi connectivity index (χ1) is 13.4. The number of hydrogen-bond donors (Lipinski definition) is 1. The lowest BCUT2D eigenvalue weighted by atomic mass is 9.38. The molecule has 1 aromatic carbocycles. The molecule has 6 aliphatic rings. The number of amides is 1. The highest BCUT2D eigenvalue weighted by Gasteiger charge is 2.65. The quantitative estimate of drug-likeness (QED) is 0.836. The maximum Gasteiger partial charge on any atom is 0.228 e. The van der Waals surface area contributed by atoms with Crippen molar-refractivity contribution in [1.82, 2.24) is 4.90 Å². The van der Waals surface area contributed by atoms with Crippen molar-refractivity contribution in [3.05, 3.63) is 35.9 Å². The van der Waals surface area contributed by atoms with Crippen molar-refractivity contribution in [1.29, 1.82) is 0 Å². The van der Waals surface area contributed by atoms with E-state index in [0.717, 1.165) is 38.8 Å². The number of nitrogens with two attached hydrogens (primary N) is 1. The summed E-state index contributed by atoms with van der Waals surface area (Å²) in [6.45, 7) is 4.28. The molecule has 1 spiro atoms. The van der Waals surface area contributed by atoms with Crippen LogP contribution in [0.1, 0.15) is 70.3 Å². The van der Waals surface area contributed by atoms with Gasteiger partial charge in [-0.15, -0.1) is 0 Å². The molecule has 5 atom stereocenters. The van der Waals surface area contributed by atoms with Crippen LogP contribution in [0.2, 0.25) is 0 Å². The third-order valence-electron chi connectivity index (χ3n) is 9.37. The standard InChI is InChI=1S/C25H34N2O/c1-22-11-18-12-24(14-22,19-5-3-2-4-6-19)16-25(13-18,15-22)21(28)27-10-7-20(26)23(17-27)8-9-23/h2-6,18,20H,7-17,26H2,1H3/t18?,20?,22-,24-,25?/m1/s1. The van der Waals surface area contributed by atoms with E-state index in [2.05, 4.69) is 42.2 Å². The van der Waals surface area contributed by atoms with Crippen molar-refractivity contribution in [3.8, 4) is 0 Å². The highest BCUT2D eigenvalue weighted by molar-refractivity contribution is 5.84. The van der Waals surface area contributed by atoms with Crippen LogP contribution in [0.5, 0.6) is 0 Å². The van der Waals surface area contributed by atoms with Crippen molar-refractivity contribution in [2.24, 2.45) is 27.9 Å². The summed E-state index contributed by atoms with van der Waals surface area (Å²) in [6.07, 6.45) is 10.6. The SMILES string of the molecule is C[C@]12CC3CC(C(=O)N4CCC(N)C5(CC5)C4)(C1)C[C@@](c1ccccc1)(C3)C2. The number of carbonyl (C=O) groups excluding carboxylic acids is 1. The molecular formula is C25H34N2O. The normalized spacial score (nSPS) is 45.4. The molecule has 3 unspecified atom stereocenters. The molecule has 1 aliphatic heterocycles. The van der Waals surface area contributed by atoms with Crippen molar-refractivity contribution >= 4 is 5.91 Å². The third-order valence-corrected chi connectivity index (χ3v) is 9.37. The van der Waals surface area contributed by atoms with Gasteiger partial charge in [-0.25, -0.2) is 0 Å². The minimum atomic E-state index is -0.123. The fraction of sp³-hybridized carbons (Fsp3) is 0.720. The monoisotopic (exact) mass is 378 g/mol. The lowest BCUT2D eigenvalue weighted by Crippen LogP contribution is -2.64. The Hall–Kier alpha value is -1.35. The second-order valence-corrected chi connectivity index (χ2v) is 11.7. The minimum Gasteiger partial charge on any atom is -0.342 e. The Bertz CT molecular complexity index is 817. The molecule has 7 rings (SSSR count). The highest BCUT2D eigenvalue weighted by atomic mass is 16.2. The molecule has 1 saturated heterocycles. The zero-order valence-corrected chi connectivity index (χ0v) is 17.3. The number of benzene rings is 1. The molecule has 150 valence electrons. The van der Waals surface area contributed by atoms with E-state index in [0.29, 0.717) is 23.3 Å². The lowest BCUT2D eigenvalue weighted by Gasteiger charge is -2.66. The van der Waals surface area contributed by atoms with Crippen molar-refractivity contribution in [2.45, 2.75) is 76.2 Å². The van der Waals surface area contributed by atoms with Gasteiger partial charge in [-0.2, -0.15) is 0 Å². The number of carbonyl (C=O) groups is 1. The van der Waals surface area contributed by atoms with Gasteiger partial charge in [0.15, 0.2) is 0 Å². The number of rotatable bonds is 2. The van der Waals surface area contributed by atoms with E-state index < -0.39 is 0 Å². The van der Waals surface area contributed by atoms with Gasteiger partial charge in [0, 0.05) is 24.5 Å². The van der Waals surface area contributed by atoms with Gasteiger partial charge in [-0.3, -0.25) is 4.79 Å². The average molecular weight is 379 g/mol. The van der Waals surface area contributed by atoms with Crippen molar-refractivity contribution < 1.29 is 4.79 Å². The molecule has 1 heterocycles. The lowest BCUT2D eigenvalue weighted by molar-refractivity contribution is -0.172. The Morgan fingerprint density at radius 1 is 1.07 bits per heavy atom. The van der Waals surface area contributed by atoms with Gasteiger partial charge in [-0.05, 0) is 80.1 Å². The van der Waals surface area contributed by atoms with E-state index in [1.807, 2.05) is 0 Å². The first-order valence-electron chi connectivity index (χ1n) is 11.5. The number of nitrogens with zero attached hydrogens (tertiary/aromatic N) is 1. The third kappa shape index (κ3) is 2.35. The predicted molar refractivity (Wildman–Crippen MR) is 111 cm³/mol. The zero-order chi connectivity index (χ0) is 19.2. The van der Waals surface area contributed by atoms with Gasteiger partial charge in [0.25, 0.3) is 0 Å². The van der Waals surface area contributed by atoms with Crippen LogP contribution in [0.15, 0.2) is 30.3 Å². The molecule has 5 aliphatic carbocycles. The van der Waals surface area contributed by atoms with Gasteiger partial charge in [-0.1, -0.05) is 37.3 Å². The van der Waals surface area contributed by atoms with E-state index in [9.17, 15) is 4.79 Å². The summed E-state index contributed by atoms with van der Waals surface area (Å²) >= 11 is 0. The summed E-state index contributed by atoms with van der Waals surface area (Å²) in [5.41, 5.74) is 8.59. The van der Waals surface area contributed by atoms with Crippen LogP contribution in [0, 0.1) is 22.2 Å². The second-order valence-electron chi connectivity index (χ2n) is 11.7. The summed E-state index contributed by atoms with van der Waals surface area (Å²) in [7, 11) is 0. The molecule has 0 aromatic heterocycles. The molecular weight excluding hydrogens is 344 g/mol. The van der Waals surface area contributed by atoms with E-state index in [1.54, 1.807) is 0 Å². The topological polar surface area (TPSA) is 46.3 Å². The molecule has 6 fully saturated rings. The maximum atomic E-state index is 14.1. The van der Waals surface area contributed by atoms with Gasteiger partial charge in [0.2, 0.25) is 5.91 Å². The highest BCUT2D eigenvalue weighted by Crippen LogP contribution is 2.70. The summed E-state index contributed by atoms with van der Waals surface area (Å²) in [5, 5.41) is 0. The van der Waals surface area contributed by atoms with Crippen LogP contribution in [0.25, 0.3) is 0 Å². The first-order valence-corrected chi connectivity index (χ1v) is 11.5. The van der Waals surface area contributed by atoms with Crippen LogP contribution in [-0.4, -0.2) is 29.9 Å². The van der Waals surface area contributed by atoms with Crippen molar-refractivity contribution in [2.75, 3.05) is 13.1 Å². The fourth-order valence-electron chi connectivity index (χ4n) is 8.65. The molecule has 0 radical (unpaired) electrons. The Morgan fingerprint density at radius 2 is 1.86 bits per heavy atom. The minimum absolute atomic E-state index is 0.123. The number of likely N-dealkylation sites (tertiary alicyclic amines) is 1. The summed E-state index contributed by atoms with van der Waals surface area (Å²) in [5.74, 6) is 1.20. The molecule has 5 saturated carbocycles. The number of hydrogen-bond acceptors (Lipinski definition) is 2. The van der Waals surface area contributed by atoms with Crippen LogP contribution < -0.4 is 5.73 Å². The molecule has 28 heavy (non-hydrogen) atoms. The number of piperidine rings is 1. The average Bonchev–Trinajstić information content (AvgIpc) is 3.43. The van der Waals surface area contributed by atoms with Crippen LogP contribution in [0.4, 0.5) is 0 Å². The summed E-state index contributed by atoms with van der Waals surface area (Å²) in [4.78, 5) is 16.3. The molecule has 4 bridgehead atoms. The Balaban J connectivity index is 1.36. The second kappa shape index (κ2) is 5.41. The van der Waals surface area contributed by atoms with Crippen LogP contribution in [-0.2, 0) is 10.2 Å². The van der Waals surface area contributed by atoms with Gasteiger partial charge in [0.1, 0.15) is 0 Å². The van der Waals surface area contributed by atoms with E-state index >= 15 is 0 Å². The van der Waals surface area contributed by atoms with Gasteiger partial charge in [0.05, 0.1) is 5.41 Å². The Kier molecular flexibility index (Phi) is 3.38. The molecule has 1 amide bonds. The van der Waals surface area contributed by atoms with E-state index in [1.165, 1.54) is 37.7 Å².